The first kappa shape index (κ1) is 11.6. The van der Waals surface area contributed by atoms with Crippen LogP contribution in [0.4, 0.5) is 11.6 Å². The lowest BCUT2D eigenvalue weighted by molar-refractivity contribution is 0.333. The van der Waals surface area contributed by atoms with Gasteiger partial charge in [-0.15, -0.1) is 0 Å². The molecule has 2 N–H and O–H groups in total. The van der Waals surface area contributed by atoms with Crippen LogP contribution in [0.2, 0.25) is 0 Å². The van der Waals surface area contributed by atoms with Gasteiger partial charge in [0, 0.05) is 19.2 Å². The summed E-state index contributed by atoms with van der Waals surface area (Å²) < 4.78 is 0. The van der Waals surface area contributed by atoms with Crippen LogP contribution in [0.25, 0.3) is 0 Å². The van der Waals surface area contributed by atoms with E-state index in [2.05, 4.69) is 26.7 Å². The van der Waals surface area contributed by atoms with Gasteiger partial charge in [-0.05, 0) is 18.8 Å². The third-order valence-corrected chi connectivity index (χ3v) is 3.01. The average Bonchev–Trinajstić information content (AvgIpc) is 2.28. The molecule has 0 unspecified atom stereocenters. The van der Waals surface area contributed by atoms with Crippen molar-refractivity contribution in [3.05, 3.63) is 12.4 Å². The largest absolute Gasteiger partial charge is 0.370 e. The molecule has 0 saturated heterocycles. The Labute approximate surface area is 101 Å². The molecule has 17 heavy (non-hydrogen) atoms. The molecule has 1 aromatic heterocycles. The summed E-state index contributed by atoms with van der Waals surface area (Å²) >= 11 is 0. The SMILES string of the molecule is N#CCCNc1cc(NCC2CCC2)ncn1. The van der Waals surface area contributed by atoms with Crippen LogP contribution in [0.3, 0.4) is 0 Å². The molecule has 0 radical (unpaired) electrons. The number of hydrogen-bond donors (Lipinski definition) is 2. The third kappa shape index (κ3) is 3.59. The van der Waals surface area contributed by atoms with Crippen LogP contribution >= 0.6 is 0 Å². The number of nitrogens with one attached hydrogen (secondary N) is 2. The predicted octanol–water partition coefficient (Wildman–Crippen LogP) is 2.01. The van der Waals surface area contributed by atoms with E-state index in [9.17, 15) is 0 Å². The molecule has 0 aliphatic heterocycles. The molecule has 1 aromatic rings. The molecule has 2 rings (SSSR count). The highest BCUT2D eigenvalue weighted by Gasteiger charge is 2.16. The van der Waals surface area contributed by atoms with Gasteiger partial charge in [-0.2, -0.15) is 5.26 Å². The lowest BCUT2D eigenvalue weighted by Gasteiger charge is -2.25. The van der Waals surface area contributed by atoms with Crippen molar-refractivity contribution < 1.29 is 0 Å². The molecule has 1 aliphatic carbocycles. The van der Waals surface area contributed by atoms with Crippen LogP contribution in [-0.4, -0.2) is 23.1 Å². The zero-order valence-electron chi connectivity index (χ0n) is 9.82. The maximum atomic E-state index is 8.44. The first-order valence-electron chi connectivity index (χ1n) is 6.05. The molecule has 90 valence electrons. The molecule has 0 bridgehead atoms. The van der Waals surface area contributed by atoms with E-state index in [0.717, 1.165) is 24.1 Å². The van der Waals surface area contributed by atoms with Crippen molar-refractivity contribution in [1.29, 1.82) is 5.26 Å². The lowest BCUT2D eigenvalue weighted by atomic mass is 9.85. The number of rotatable bonds is 6. The van der Waals surface area contributed by atoms with Crippen LogP contribution in [0.5, 0.6) is 0 Å². The summed E-state index contributed by atoms with van der Waals surface area (Å²) in [7, 11) is 0. The molecule has 1 heterocycles. The fraction of sp³-hybridized carbons (Fsp3) is 0.583. The van der Waals surface area contributed by atoms with Crippen LogP contribution < -0.4 is 10.6 Å². The normalized spacial score (nSPS) is 14.8. The van der Waals surface area contributed by atoms with Crippen molar-refractivity contribution in [3.8, 4) is 6.07 Å². The molecule has 1 fully saturated rings. The second kappa shape index (κ2) is 6.04. The molecular formula is C12H17N5. The summed E-state index contributed by atoms with van der Waals surface area (Å²) in [4.78, 5) is 8.27. The summed E-state index contributed by atoms with van der Waals surface area (Å²) in [6, 6.07) is 3.97. The van der Waals surface area contributed by atoms with Crippen molar-refractivity contribution in [2.45, 2.75) is 25.7 Å². The Balaban J connectivity index is 1.80. The summed E-state index contributed by atoms with van der Waals surface area (Å²) in [6.07, 6.45) is 6.03. The number of hydrogen-bond acceptors (Lipinski definition) is 5. The summed E-state index contributed by atoms with van der Waals surface area (Å²) in [5, 5.41) is 14.9. The first-order chi connectivity index (χ1) is 8.38. The number of anilines is 2. The van der Waals surface area contributed by atoms with Crippen LogP contribution in [0.1, 0.15) is 25.7 Å². The Morgan fingerprint density at radius 2 is 2.06 bits per heavy atom. The molecule has 5 heteroatoms. The maximum absolute atomic E-state index is 8.44. The minimum absolute atomic E-state index is 0.481. The van der Waals surface area contributed by atoms with E-state index in [1.54, 1.807) is 0 Å². The topological polar surface area (TPSA) is 73.6 Å². The van der Waals surface area contributed by atoms with Gasteiger partial charge in [0.25, 0.3) is 0 Å². The quantitative estimate of drug-likeness (QED) is 0.733. The van der Waals surface area contributed by atoms with Gasteiger partial charge in [0.15, 0.2) is 0 Å². The van der Waals surface area contributed by atoms with Gasteiger partial charge in [-0.1, -0.05) is 6.42 Å². The van der Waals surface area contributed by atoms with E-state index in [-0.39, 0.29) is 0 Å². The monoisotopic (exact) mass is 231 g/mol. The fourth-order valence-corrected chi connectivity index (χ4v) is 1.74. The lowest BCUT2D eigenvalue weighted by Crippen LogP contribution is -2.21. The zero-order chi connectivity index (χ0) is 11.9. The van der Waals surface area contributed by atoms with Crippen LogP contribution in [0, 0.1) is 17.2 Å². The van der Waals surface area contributed by atoms with Crippen molar-refractivity contribution in [3.63, 3.8) is 0 Å². The van der Waals surface area contributed by atoms with Crippen molar-refractivity contribution in [2.24, 2.45) is 5.92 Å². The standard InChI is InChI=1S/C12H17N5/c13-5-2-6-14-11-7-12(17-9-16-11)15-8-10-3-1-4-10/h7,9-10H,1-4,6,8H2,(H2,14,15,16,17). The smallest absolute Gasteiger partial charge is 0.131 e. The molecule has 0 atom stereocenters. The molecule has 0 amide bonds. The molecule has 5 nitrogen and oxygen atoms in total. The summed E-state index contributed by atoms with van der Waals surface area (Å²) in [5.41, 5.74) is 0. The van der Waals surface area contributed by atoms with Gasteiger partial charge in [0.1, 0.15) is 18.0 Å². The van der Waals surface area contributed by atoms with E-state index in [1.807, 2.05) is 6.07 Å². The third-order valence-electron chi connectivity index (χ3n) is 3.01. The second-order valence-corrected chi connectivity index (χ2v) is 4.30. The molecular weight excluding hydrogens is 214 g/mol. The zero-order valence-corrected chi connectivity index (χ0v) is 9.82. The van der Waals surface area contributed by atoms with E-state index in [0.29, 0.717) is 13.0 Å². The molecule has 1 aliphatic rings. The highest BCUT2D eigenvalue weighted by molar-refractivity contribution is 5.46. The summed E-state index contributed by atoms with van der Waals surface area (Å²) in [6.45, 7) is 1.62. The Bertz CT molecular complexity index is 394. The molecule has 0 spiro atoms. The van der Waals surface area contributed by atoms with E-state index in [1.165, 1.54) is 25.6 Å². The van der Waals surface area contributed by atoms with Gasteiger partial charge in [-0.25, -0.2) is 9.97 Å². The second-order valence-electron chi connectivity index (χ2n) is 4.30. The van der Waals surface area contributed by atoms with Gasteiger partial charge >= 0.3 is 0 Å². The number of aromatic nitrogens is 2. The van der Waals surface area contributed by atoms with Crippen molar-refractivity contribution in [1.82, 2.24) is 9.97 Å². The van der Waals surface area contributed by atoms with Crippen LogP contribution in [-0.2, 0) is 0 Å². The minimum atomic E-state index is 0.481. The highest BCUT2D eigenvalue weighted by Crippen LogP contribution is 2.26. The number of nitriles is 1. The Kier molecular flexibility index (Phi) is 4.14. The Morgan fingerprint density at radius 1 is 1.29 bits per heavy atom. The van der Waals surface area contributed by atoms with Gasteiger partial charge in [0.05, 0.1) is 12.5 Å². The maximum Gasteiger partial charge on any atom is 0.131 e. The van der Waals surface area contributed by atoms with E-state index in [4.69, 9.17) is 5.26 Å². The molecule has 1 saturated carbocycles. The Hall–Kier alpha value is -1.83. The predicted molar refractivity (Wildman–Crippen MR) is 66.6 cm³/mol. The van der Waals surface area contributed by atoms with Gasteiger partial charge < -0.3 is 10.6 Å². The average molecular weight is 231 g/mol. The fourth-order valence-electron chi connectivity index (χ4n) is 1.74. The van der Waals surface area contributed by atoms with Crippen molar-refractivity contribution >= 4 is 11.6 Å². The van der Waals surface area contributed by atoms with Crippen molar-refractivity contribution in [2.75, 3.05) is 23.7 Å². The van der Waals surface area contributed by atoms with E-state index >= 15 is 0 Å². The van der Waals surface area contributed by atoms with Gasteiger partial charge in [-0.3, -0.25) is 0 Å². The highest BCUT2D eigenvalue weighted by atomic mass is 15.1. The molecule has 0 aromatic carbocycles. The minimum Gasteiger partial charge on any atom is -0.370 e. The Morgan fingerprint density at radius 3 is 2.71 bits per heavy atom. The number of nitrogens with zero attached hydrogens (tertiary/aromatic N) is 3. The van der Waals surface area contributed by atoms with Gasteiger partial charge in [0.2, 0.25) is 0 Å². The van der Waals surface area contributed by atoms with Crippen LogP contribution in [0.15, 0.2) is 12.4 Å². The van der Waals surface area contributed by atoms with E-state index < -0.39 is 0 Å². The summed E-state index contributed by atoms with van der Waals surface area (Å²) in [5.74, 6) is 2.43. The first-order valence-corrected chi connectivity index (χ1v) is 6.05.